The monoisotopic (exact) mass is 209 g/mol. The highest BCUT2D eigenvalue weighted by molar-refractivity contribution is 6.33. The summed E-state index contributed by atoms with van der Waals surface area (Å²) in [5, 5.41) is 1.20. The molecule has 1 aromatic rings. The van der Waals surface area contributed by atoms with E-state index in [1.54, 1.807) is 0 Å². The quantitative estimate of drug-likeness (QED) is 0.530. The Balaban J connectivity index is 2.96. The highest BCUT2D eigenvalue weighted by Gasteiger charge is 2.03. The van der Waals surface area contributed by atoms with Crippen LogP contribution >= 0.6 is 11.6 Å². The van der Waals surface area contributed by atoms with Crippen molar-refractivity contribution in [3.63, 3.8) is 0 Å². The molecule has 0 amide bonds. The summed E-state index contributed by atoms with van der Waals surface area (Å²) in [7, 11) is 3.62. The lowest BCUT2D eigenvalue weighted by Gasteiger charge is -2.11. The predicted molar refractivity (Wildman–Crippen MR) is 60.3 cm³/mol. The van der Waals surface area contributed by atoms with Gasteiger partial charge in [0.25, 0.3) is 0 Å². The van der Waals surface area contributed by atoms with Gasteiger partial charge in [-0.2, -0.15) is 0 Å². The van der Waals surface area contributed by atoms with Crippen LogP contribution < -0.4 is 5.19 Å². The second-order valence-corrected chi connectivity index (χ2v) is 4.24. The van der Waals surface area contributed by atoms with Crippen LogP contribution in [0.4, 0.5) is 0 Å². The molecule has 0 spiro atoms. The Morgan fingerprint density at radius 2 is 2.00 bits per heavy atom. The minimum absolute atomic E-state index is 0.735. The summed E-state index contributed by atoms with van der Waals surface area (Å²) in [5.41, 5.74) is 4.14. The molecule has 2 heteroatoms. The maximum Gasteiger partial charge on any atom is 0.0715 e. The van der Waals surface area contributed by atoms with Crippen LogP contribution in [0.3, 0.4) is 0 Å². The van der Waals surface area contributed by atoms with Gasteiger partial charge in [0.2, 0.25) is 0 Å². The average Bonchev–Trinajstić information content (AvgIpc) is 2.12. The van der Waals surface area contributed by atoms with Crippen LogP contribution in [0, 0.1) is 13.8 Å². The molecule has 0 aliphatic heterocycles. The first-order chi connectivity index (χ1) is 6.16. The van der Waals surface area contributed by atoms with Crippen molar-refractivity contribution in [2.24, 2.45) is 0 Å². The Bertz CT molecular complexity index is 294. The van der Waals surface area contributed by atoms with Crippen LogP contribution in [0.5, 0.6) is 0 Å². The molecule has 1 rings (SSSR count). The summed E-state index contributed by atoms with van der Waals surface area (Å²) < 4.78 is 0. The van der Waals surface area contributed by atoms with Crippen molar-refractivity contribution >= 4 is 27.0 Å². The topological polar surface area (TPSA) is 0 Å². The SMILES string of the molecule is Cc1ccc([Si])c(CCCCl)c1C. The lowest BCUT2D eigenvalue weighted by molar-refractivity contribution is 0.922. The first-order valence-corrected chi connectivity index (χ1v) is 5.57. The maximum atomic E-state index is 5.68. The fraction of sp³-hybridized carbons (Fsp3) is 0.455. The Hall–Kier alpha value is -0.273. The summed E-state index contributed by atoms with van der Waals surface area (Å²) in [6, 6.07) is 4.25. The number of aryl methyl sites for hydroxylation is 1. The van der Waals surface area contributed by atoms with Crippen LogP contribution in [0.25, 0.3) is 0 Å². The molecule has 0 fully saturated rings. The van der Waals surface area contributed by atoms with Gasteiger partial charge in [-0.15, -0.1) is 11.6 Å². The van der Waals surface area contributed by atoms with Gasteiger partial charge in [0.15, 0.2) is 0 Å². The Kier molecular flexibility index (Phi) is 4.01. The highest BCUT2D eigenvalue weighted by atomic mass is 35.5. The molecule has 1 aromatic carbocycles. The van der Waals surface area contributed by atoms with Crippen molar-refractivity contribution in [3.8, 4) is 0 Å². The van der Waals surface area contributed by atoms with Gasteiger partial charge in [0, 0.05) is 5.88 Å². The van der Waals surface area contributed by atoms with E-state index in [1.807, 2.05) is 0 Å². The second kappa shape index (κ2) is 4.82. The van der Waals surface area contributed by atoms with Crippen molar-refractivity contribution in [3.05, 3.63) is 28.8 Å². The molecule has 69 valence electrons. The third-order valence-corrected chi connectivity index (χ3v) is 3.17. The van der Waals surface area contributed by atoms with Crippen molar-refractivity contribution in [1.29, 1.82) is 0 Å². The van der Waals surface area contributed by atoms with Crippen LogP contribution in [0.1, 0.15) is 23.1 Å². The molecule has 0 saturated heterocycles. The van der Waals surface area contributed by atoms with Gasteiger partial charge < -0.3 is 0 Å². The van der Waals surface area contributed by atoms with Crippen molar-refractivity contribution in [2.45, 2.75) is 26.7 Å². The zero-order valence-corrected chi connectivity index (χ0v) is 9.91. The van der Waals surface area contributed by atoms with Gasteiger partial charge in [-0.25, -0.2) is 0 Å². The van der Waals surface area contributed by atoms with Gasteiger partial charge in [0.05, 0.1) is 10.2 Å². The summed E-state index contributed by atoms with van der Waals surface area (Å²) in [6.45, 7) is 4.31. The molecule has 3 radical (unpaired) electrons. The van der Waals surface area contributed by atoms with Gasteiger partial charge in [-0.05, 0) is 43.4 Å². The Labute approximate surface area is 88.7 Å². The molecule has 0 aliphatic rings. The molecule has 0 N–H and O–H groups in total. The molecule has 0 bridgehead atoms. The molecule has 0 nitrogen and oxygen atoms in total. The van der Waals surface area contributed by atoms with Gasteiger partial charge in [-0.1, -0.05) is 17.3 Å². The molecule has 0 heterocycles. The van der Waals surface area contributed by atoms with E-state index < -0.39 is 0 Å². The first-order valence-electron chi connectivity index (χ1n) is 4.53. The molecule has 0 aliphatic carbocycles. The second-order valence-electron chi connectivity index (χ2n) is 3.33. The predicted octanol–water partition coefficient (Wildman–Crippen LogP) is 2.27. The zero-order valence-electron chi connectivity index (χ0n) is 8.15. The smallest absolute Gasteiger partial charge is 0.0715 e. The van der Waals surface area contributed by atoms with Crippen molar-refractivity contribution in [1.82, 2.24) is 0 Å². The van der Waals surface area contributed by atoms with Crippen LogP contribution in [-0.4, -0.2) is 16.1 Å². The summed E-state index contributed by atoms with van der Waals surface area (Å²) in [6.07, 6.45) is 2.11. The summed E-state index contributed by atoms with van der Waals surface area (Å²) in [5.74, 6) is 0.735. The normalized spacial score (nSPS) is 10.5. The van der Waals surface area contributed by atoms with Crippen molar-refractivity contribution in [2.75, 3.05) is 5.88 Å². The Morgan fingerprint density at radius 1 is 1.31 bits per heavy atom. The standard InChI is InChI=1S/C11H14ClSi/c1-8-5-6-11(13)10(9(8)2)4-3-7-12/h5-6H,3-4,7H2,1-2H3. The van der Waals surface area contributed by atoms with E-state index in [0.717, 1.165) is 18.7 Å². The number of hydrogen-bond donors (Lipinski definition) is 0. The Morgan fingerprint density at radius 3 is 2.62 bits per heavy atom. The molecule has 0 atom stereocenters. The molecule has 0 aromatic heterocycles. The number of halogens is 1. The van der Waals surface area contributed by atoms with E-state index in [2.05, 4.69) is 36.2 Å². The number of rotatable bonds is 3. The van der Waals surface area contributed by atoms with E-state index in [-0.39, 0.29) is 0 Å². The lowest BCUT2D eigenvalue weighted by atomic mass is 10.00. The third kappa shape index (κ3) is 2.58. The van der Waals surface area contributed by atoms with E-state index in [9.17, 15) is 0 Å². The van der Waals surface area contributed by atoms with E-state index in [0.29, 0.717) is 0 Å². The fourth-order valence-corrected chi connectivity index (χ4v) is 1.97. The average molecular weight is 210 g/mol. The van der Waals surface area contributed by atoms with Crippen LogP contribution in [-0.2, 0) is 6.42 Å². The van der Waals surface area contributed by atoms with E-state index >= 15 is 0 Å². The molecule has 0 unspecified atom stereocenters. The van der Waals surface area contributed by atoms with Crippen molar-refractivity contribution < 1.29 is 0 Å². The van der Waals surface area contributed by atoms with Gasteiger partial charge >= 0.3 is 0 Å². The third-order valence-electron chi connectivity index (χ3n) is 2.43. The number of alkyl halides is 1. The molecule has 13 heavy (non-hydrogen) atoms. The molecule has 0 saturated carbocycles. The minimum atomic E-state index is 0.735. The fourth-order valence-electron chi connectivity index (χ4n) is 1.44. The summed E-state index contributed by atoms with van der Waals surface area (Å²) >= 11 is 5.68. The van der Waals surface area contributed by atoms with Gasteiger partial charge in [-0.3, -0.25) is 0 Å². The molecular formula is C11H14ClSi. The van der Waals surface area contributed by atoms with E-state index in [4.69, 9.17) is 11.6 Å². The van der Waals surface area contributed by atoms with Gasteiger partial charge in [0.1, 0.15) is 0 Å². The van der Waals surface area contributed by atoms with Crippen LogP contribution in [0.15, 0.2) is 12.1 Å². The largest absolute Gasteiger partial charge is 0.127 e. The van der Waals surface area contributed by atoms with E-state index in [1.165, 1.54) is 21.9 Å². The minimum Gasteiger partial charge on any atom is -0.127 e. The number of hydrogen-bond acceptors (Lipinski definition) is 0. The molecular weight excluding hydrogens is 196 g/mol. The summed E-state index contributed by atoms with van der Waals surface area (Å²) in [4.78, 5) is 0. The van der Waals surface area contributed by atoms with Crippen LogP contribution in [0.2, 0.25) is 0 Å². The zero-order chi connectivity index (χ0) is 9.84. The number of benzene rings is 1. The first kappa shape index (κ1) is 10.8. The lowest BCUT2D eigenvalue weighted by Crippen LogP contribution is -2.13. The maximum absolute atomic E-state index is 5.68. The highest BCUT2D eigenvalue weighted by Crippen LogP contribution is 2.12.